The molecule has 0 aliphatic carbocycles. The molecule has 1 aromatic rings. The van der Waals surface area contributed by atoms with Crippen molar-refractivity contribution in [2.24, 2.45) is 11.7 Å². The molecule has 0 radical (unpaired) electrons. The smallest absolute Gasteiger partial charge is 0.141 e. The zero-order valence-corrected chi connectivity index (χ0v) is 11.7. The molecule has 0 fully saturated rings. The highest BCUT2D eigenvalue weighted by Gasteiger charge is 2.19. The third-order valence-corrected chi connectivity index (χ3v) is 3.36. The summed E-state index contributed by atoms with van der Waals surface area (Å²) in [7, 11) is 0. The lowest BCUT2D eigenvalue weighted by Crippen LogP contribution is -2.37. The first kappa shape index (κ1) is 15.1. The zero-order valence-electron chi connectivity index (χ0n) is 11.7. The Morgan fingerprint density at radius 1 is 1.33 bits per heavy atom. The molecule has 102 valence electrons. The normalized spacial score (nSPS) is 15.1. The summed E-state index contributed by atoms with van der Waals surface area (Å²) in [5.74, 6) is -0.0405. The number of hydrogen-bond acceptors (Lipinski definition) is 3. The molecule has 2 unspecified atom stereocenters. The fourth-order valence-electron chi connectivity index (χ4n) is 2.06. The predicted molar refractivity (Wildman–Crippen MR) is 72.7 cm³/mol. The van der Waals surface area contributed by atoms with E-state index in [1.807, 2.05) is 0 Å². The van der Waals surface area contributed by atoms with Gasteiger partial charge in [-0.25, -0.2) is 4.39 Å². The molecule has 1 heterocycles. The van der Waals surface area contributed by atoms with Crippen LogP contribution in [-0.4, -0.2) is 29.0 Å². The Labute approximate surface area is 109 Å². The number of halogens is 1. The fourth-order valence-corrected chi connectivity index (χ4v) is 2.06. The first-order valence-corrected chi connectivity index (χ1v) is 6.56. The van der Waals surface area contributed by atoms with Gasteiger partial charge in [-0.15, -0.1) is 0 Å². The van der Waals surface area contributed by atoms with E-state index >= 15 is 0 Å². The van der Waals surface area contributed by atoms with Crippen molar-refractivity contribution >= 4 is 0 Å². The van der Waals surface area contributed by atoms with Gasteiger partial charge in [0.1, 0.15) is 5.82 Å². The van der Waals surface area contributed by atoms with Crippen LogP contribution in [0.3, 0.4) is 0 Å². The molecular weight excluding hydrogens is 229 g/mol. The number of pyridine rings is 1. The van der Waals surface area contributed by atoms with Crippen LogP contribution in [-0.2, 0) is 0 Å². The quantitative estimate of drug-likeness (QED) is 0.847. The molecule has 0 saturated carbocycles. The van der Waals surface area contributed by atoms with Gasteiger partial charge >= 0.3 is 0 Å². The number of aromatic nitrogens is 1. The van der Waals surface area contributed by atoms with Gasteiger partial charge in [0.2, 0.25) is 0 Å². The standard InChI is InChI=1S/C14H24FN3/c1-5-18(10(2)3)9-11(4)14(16)13-7-6-12(15)8-17-13/h6-8,10-11,14H,5,9,16H2,1-4H3. The van der Waals surface area contributed by atoms with Gasteiger partial charge in [0, 0.05) is 12.6 Å². The minimum atomic E-state index is -0.323. The molecule has 0 amide bonds. The molecule has 0 aliphatic heterocycles. The molecule has 0 bridgehead atoms. The maximum absolute atomic E-state index is 12.8. The summed E-state index contributed by atoms with van der Waals surface area (Å²) in [5, 5.41) is 0. The monoisotopic (exact) mass is 253 g/mol. The Balaban J connectivity index is 2.65. The van der Waals surface area contributed by atoms with Crippen molar-refractivity contribution < 1.29 is 4.39 Å². The van der Waals surface area contributed by atoms with Crippen molar-refractivity contribution in [1.82, 2.24) is 9.88 Å². The van der Waals surface area contributed by atoms with Crippen molar-refractivity contribution in [2.45, 2.75) is 39.8 Å². The van der Waals surface area contributed by atoms with Gasteiger partial charge in [0.05, 0.1) is 17.9 Å². The van der Waals surface area contributed by atoms with E-state index in [1.165, 1.54) is 12.3 Å². The molecule has 0 saturated heterocycles. The highest BCUT2D eigenvalue weighted by molar-refractivity contribution is 5.10. The molecule has 2 N–H and O–H groups in total. The second-order valence-corrected chi connectivity index (χ2v) is 5.09. The van der Waals surface area contributed by atoms with Crippen LogP contribution in [0.1, 0.15) is 39.4 Å². The summed E-state index contributed by atoms with van der Waals surface area (Å²) < 4.78 is 12.8. The SMILES string of the molecule is CCN(CC(C)C(N)c1ccc(F)cn1)C(C)C. The third kappa shape index (κ3) is 4.03. The lowest BCUT2D eigenvalue weighted by atomic mass is 9.98. The average molecular weight is 253 g/mol. The maximum atomic E-state index is 12.8. The van der Waals surface area contributed by atoms with Crippen LogP contribution >= 0.6 is 0 Å². The Morgan fingerprint density at radius 2 is 2.00 bits per heavy atom. The molecule has 0 aliphatic rings. The molecule has 0 spiro atoms. The maximum Gasteiger partial charge on any atom is 0.141 e. The number of nitrogens with zero attached hydrogens (tertiary/aromatic N) is 2. The van der Waals surface area contributed by atoms with Crippen molar-refractivity contribution in [2.75, 3.05) is 13.1 Å². The molecule has 2 atom stereocenters. The molecule has 4 heteroatoms. The van der Waals surface area contributed by atoms with Gasteiger partial charge in [-0.2, -0.15) is 0 Å². The van der Waals surface area contributed by atoms with Crippen molar-refractivity contribution in [1.29, 1.82) is 0 Å². The minimum Gasteiger partial charge on any atom is -0.322 e. The van der Waals surface area contributed by atoms with E-state index in [9.17, 15) is 4.39 Å². The second-order valence-electron chi connectivity index (χ2n) is 5.09. The van der Waals surface area contributed by atoms with Gasteiger partial charge in [0.15, 0.2) is 0 Å². The molecule has 1 aromatic heterocycles. The molecule has 3 nitrogen and oxygen atoms in total. The van der Waals surface area contributed by atoms with Crippen LogP contribution in [0.25, 0.3) is 0 Å². The van der Waals surface area contributed by atoms with Crippen LogP contribution < -0.4 is 5.73 Å². The third-order valence-electron chi connectivity index (χ3n) is 3.36. The van der Waals surface area contributed by atoms with Gasteiger partial charge < -0.3 is 10.6 Å². The lowest BCUT2D eigenvalue weighted by molar-refractivity contribution is 0.189. The lowest BCUT2D eigenvalue weighted by Gasteiger charge is -2.30. The molecular formula is C14H24FN3. The van der Waals surface area contributed by atoms with Crippen LogP contribution in [0, 0.1) is 11.7 Å². The van der Waals surface area contributed by atoms with E-state index in [0.29, 0.717) is 6.04 Å². The van der Waals surface area contributed by atoms with E-state index in [-0.39, 0.29) is 17.8 Å². The van der Waals surface area contributed by atoms with Crippen LogP contribution in [0.15, 0.2) is 18.3 Å². The first-order valence-electron chi connectivity index (χ1n) is 6.56. The molecule has 0 aromatic carbocycles. The van der Waals surface area contributed by atoms with Gasteiger partial charge in [0.25, 0.3) is 0 Å². The molecule has 18 heavy (non-hydrogen) atoms. The topological polar surface area (TPSA) is 42.1 Å². The summed E-state index contributed by atoms with van der Waals surface area (Å²) in [4.78, 5) is 6.43. The highest BCUT2D eigenvalue weighted by atomic mass is 19.1. The summed E-state index contributed by atoms with van der Waals surface area (Å²) in [6.07, 6.45) is 1.22. The summed E-state index contributed by atoms with van der Waals surface area (Å²) >= 11 is 0. The number of hydrogen-bond donors (Lipinski definition) is 1. The van der Waals surface area contributed by atoms with E-state index in [2.05, 4.69) is 37.6 Å². The van der Waals surface area contributed by atoms with E-state index < -0.39 is 0 Å². The predicted octanol–water partition coefficient (Wildman–Crippen LogP) is 2.59. The van der Waals surface area contributed by atoms with E-state index in [0.717, 1.165) is 18.8 Å². The van der Waals surface area contributed by atoms with Gasteiger partial charge in [-0.05, 0) is 38.4 Å². The Hall–Kier alpha value is -1.00. The van der Waals surface area contributed by atoms with Crippen molar-refractivity contribution in [3.8, 4) is 0 Å². The van der Waals surface area contributed by atoms with Crippen molar-refractivity contribution in [3.05, 3.63) is 29.8 Å². The van der Waals surface area contributed by atoms with Crippen LogP contribution in [0.4, 0.5) is 4.39 Å². The fraction of sp³-hybridized carbons (Fsp3) is 0.643. The highest BCUT2D eigenvalue weighted by Crippen LogP contribution is 2.19. The minimum absolute atomic E-state index is 0.154. The number of nitrogens with two attached hydrogens (primary N) is 1. The Morgan fingerprint density at radius 3 is 2.44 bits per heavy atom. The Bertz CT molecular complexity index is 351. The average Bonchev–Trinajstić information content (AvgIpc) is 2.35. The summed E-state index contributed by atoms with van der Waals surface area (Å²) in [6, 6.07) is 3.43. The van der Waals surface area contributed by atoms with Gasteiger partial charge in [-0.1, -0.05) is 13.8 Å². The van der Waals surface area contributed by atoms with E-state index in [1.54, 1.807) is 6.07 Å². The summed E-state index contributed by atoms with van der Waals surface area (Å²) in [5.41, 5.74) is 6.93. The van der Waals surface area contributed by atoms with Crippen molar-refractivity contribution in [3.63, 3.8) is 0 Å². The Kier molecular flexibility index (Phi) is 5.69. The second kappa shape index (κ2) is 6.81. The van der Waals surface area contributed by atoms with Crippen LogP contribution in [0.5, 0.6) is 0 Å². The first-order chi connectivity index (χ1) is 8.45. The summed E-state index contributed by atoms with van der Waals surface area (Å²) in [6.45, 7) is 10.5. The van der Waals surface area contributed by atoms with Crippen LogP contribution in [0.2, 0.25) is 0 Å². The molecule has 1 rings (SSSR count). The zero-order chi connectivity index (χ0) is 13.7. The number of rotatable bonds is 6. The van der Waals surface area contributed by atoms with Gasteiger partial charge in [-0.3, -0.25) is 4.98 Å². The largest absolute Gasteiger partial charge is 0.322 e. The van der Waals surface area contributed by atoms with E-state index in [4.69, 9.17) is 5.73 Å².